The third kappa shape index (κ3) is 2.10. The predicted octanol–water partition coefficient (Wildman–Crippen LogP) is 1.03. The molecule has 0 saturated heterocycles. The molecule has 0 aliphatic heterocycles. The molecule has 0 rings (SSSR count). The van der Waals surface area contributed by atoms with E-state index in [4.69, 9.17) is 0 Å². The maximum Gasteiger partial charge on any atom is 0.0578 e. The highest BCUT2D eigenvalue weighted by atomic mass is 31.1. The third-order valence-electron chi connectivity index (χ3n) is 0.144. The van der Waals surface area contributed by atoms with Gasteiger partial charge in [-0.3, -0.25) is 4.57 Å². The minimum atomic E-state index is -0.110. The summed E-state index contributed by atoms with van der Waals surface area (Å²) < 4.78 is 9.33. The lowest BCUT2D eigenvalue weighted by atomic mass is 11.0. The second-order valence-electron chi connectivity index (χ2n) is 0.498. The molecular weight excluding hydrogens is 71.0 g/mol. The van der Waals surface area contributed by atoms with Crippen molar-refractivity contribution in [2.24, 2.45) is 0 Å². The van der Waals surface area contributed by atoms with Crippen molar-refractivity contribution in [1.82, 2.24) is 0 Å². The van der Waals surface area contributed by atoms with Crippen LogP contribution in [0.2, 0.25) is 0 Å². The molecule has 2 heteroatoms. The molecule has 0 bridgehead atoms. The molecule has 0 aliphatic carbocycles. The summed E-state index contributed by atoms with van der Waals surface area (Å²) in [4.78, 5) is 0. The van der Waals surface area contributed by atoms with Gasteiger partial charge in [-0.05, 0) is 0 Å². The summed E-state index contributed by atoms with van der Waals surface area (Å²) in [6.07, 6.45) is 0.792. The van der Waals surface area contributed by atoms with E-state index in [0.29, 0.717) is 0 Å². The van der Waals surface area contributed by atoms with Crippen LogP contribution in [0.4, 0.5) is 0 Å². The lowest BCUT2D eigenvalue weighted by Gasteiger charge is -1.52. The summed E-state index contributed by atoms with van der Waals surface area (Å²) in [7, 11) is -0.110. The van der Waals surface area contributed by atoms with Crippen molar-refractivity contribution < 1.29 is 4.57 Å². The molecule has 0 spiro atoms. The number of rotatable bonds is 1. The largest absolute Gasteiger partial charge is 0.291 e. The number of hydrogen-bond donors (Lipinski definition) is 0. The van der Waals surface area contributed by atoms with E-state index in [1.165, 1.54) is 0 Å². The highest BCUT2D eigenvalue weighted by molar-refractivity contribution is 7.23. The van der Waals surface area contributed by atoms with E-state index < -0.39 is 0 Å². The van der Waals surface area contributed by atoms with Crippen LogP contribution >= 0.6 is 8.46 Å². The van der Waals surface area contributed by atoms with E-state index in [0.717, 1.165) is 6.16 Å². The normalized spacial score (nSPS) is 8.25. The van der Waals surface area contributed by atoms with Gasteiger partial charge in [-0.15, -0.1) is 0 Å². The molecule has 0 aromatic rings. The molecule has 0 aromatic carbocycles. The Bertz CT molecular complexity index is 20.0. The Hall–Kier alpha value is 0.100. The quantitative estimate of drug-likeness (QED) is 0.427. The van der Waals surface area contributed by atoms with Crippen molar-refractivity contribution in [2.75, 3.05) is 6.16 Å². The molecule has 1 nitrogen and oxygen atoms in total. The van der Waals surface area contributed by atoms with Gasteiger partial charge in [0.25, 0.3) is 0 Å². The maximum atomic E-state index is 9.33. The van der Waals surface area contributed by atoms with Gasteiger partial charge in [0, 0.05) is 6.16 Å². The van der Waals surface area contributed by atoms with E-state index in [-0.39, 0.29) is 8.46 Å². The average Bonchev–Trinajstić information content (AvgIpc) is 1.37. The van der Waals surface area contributed by atoms with E-state index in [2.05, 4.69) is 0 Å². The van der Waals surface area contributed by atoms with Gasteiger partial charge in [-0.1, -0.05) is 6.92 Å². The summed E-state index contributed by atoms with van der Waals surface area (Å²) >= 11 is 0. The Morgan fingerprint density at radius 1 is 2.00 bits per heavy atom. The molecule has 4 heavy (non-hydrogen) atoms. The first kappa shape index (κ1) is 4.10. The van der Waals surface area contributed by atoms with E-state index in [1.807, 2.05) is 6.92 Å². The first-order valence-corrected chi connectivity index (χ1v) is 2.38. The Balaban J connectivity index is 2.30. The first-order chi connectivity index (χ1) is 1.91. The van der Waals surface area contributed by atoms with E-state index in [9.17, 15) is 4.57 Å². The topological polar surface area (TPSA) is 17.1 Å². The van der Waals surface area contributed by atoms with Crippen molar-refractivity contribution in [3.05, 3.63) is 0 Å². The zero-order valence-corrected chi connectivity index (χ0v) is 3.62. The molecule has 0 amide bonds. The molecule has 1 radical (unpaired) electrons. The van der Waals surface area contributed by atoms with Gasteiger partial charge < -0.3 is 0 Å². The van der Waals surface area contributed by atoms with Crippen LogP contribution in [0, 0.1) is 0 Å². The maximum absolute atomic E-state index is 9.33. The Kier molecular flexibility index (Phi) is 3.18. The van der Waals surface area contributed by atoms with Crippen molar-refractivity contribution in [3.8, 4) is 0 Å². The molecule has 0 N–H and O–H groups in total. The van der Waals surface area contributed by atoms with Crippen LogP contribution in [-0.4, -0.2) is 6.16 Å². The van der Waals surface area contributed by atoms with Crippen molar-refractivity contribution >= 4 is 8.46 Å². The molecular formula is C2H6OP. The predicted molar refractivity (Wildman–Crippen MR) is 19.5 cm³/mol. The van der Waals surface area contributed by atoms with Gasteiger partial charge in [-0.2, -0.15) is 0 Å². The number of hydrogen-bond acceptors (Lipinski definition) is 1. The fraction of sp³-hybridized carbons (Fsp3) is 1.00. The minimum Gasteiger partial charge on any atom is -0.291 e. The molecule has 1 unspecified atom stereocenters. The van der Waals surface area contributed by atoms with Crippen molar-refractivity contribution in [1.29, 1.82) is 0 Å². The van der Waals surface area contributed by atoms with Gasteiger partial charge in [0.15, 0.2) is 0 Å². The average molecular weight is 77.0 g/mol. The monoisotopic (exact) mass is 77.0 g/mol. The fourth-order valence-corrected chi connectivity index (χ4v) is 0. The smallest absolute Gasteiger partial charge is 0.0578 e. The lowest BCUT2D eigenvalue weighted by molar-refractivity contribution is 0.599. The summed E-state index contributed by atoms with van der Waals surface area (Å²) in [5.74, 6) is 0. The second-order valence-corrected chi connectivity index (χ2v) is 1.49. The molecule has 0 heterocycles. The molecule has 0 aromatic heterocycles. The first-order valence-electron chi connectivity index (χ1n) is 1.26. The van der Waals surface area contributed by atoms with Crippen LogP contribution < -0.4 is 0 Å². The van der Waals surface area contributed by atoms with E-state index >= 15 is 0 Å². The SMILES string of the molecule is CC[PH]=O. The lowest BCUT2D eigenvalue weighted by Crippen LogP contribution is -1.39. The van der Waals surface area contributed by atoms with Gasteiger partial charge in [-0.25, -0.2) is 0 Å². The third-order valence-corrected chi connectivity index (χ3v) is 0.433. The summed E-state index contributed by atoms with van der Waals surface area (Å²) in [6.45, 7) is 1.88. The van der Waals surface area contributed by atoms with Crippen LogP contribution in [0.3, 0.4) is 0 Å². The molecule has 0 fully saturated rings. The molecule has 1 atom stereocenters. The Labute approximate surface area is 27.2 Å². The molecule has 0 saturated carbocycles. The summed E-state index contributed by atoms with van der Waals surface area (Å²) in [5, 5.41) is 0. The molecule has 25 valence electrons. The zero-order valence-electron chi connectivity index (χ0n) is 2.62. The Morgan fingerprint density at radius 2 is 2.25 bits per heavy atom. The Morgan fingerprint density at radius 3 is 2.25 bits per heavy atom. The summed E-state index contributed by atoms with van der Waals surface area (Å²) in [5.41, 5.74) is 0. The van der Waals surface area contributed by atoms with Gasteiger partial charge >= 0.3 is 0 Å². The summed E-state index contributed by atoms with van der Waals surface area (Å²) in [6, 6.07) is 0. The standard InChI is InChI=1S/C2H6OP/c1-2-4-3/h4H,2H2,1H3. The van der Waals surface area contributed by atoms with Gasteiger partial charge in [0.05, 0.1) is 8.46 Å². The van der Waals surface area contributed by atoms with Crippen LogP contribution in [-0.2, 0) is 4.57 Å². The molecule has 0 aliphatic rings. The van der Waals surface area contributed by atoms with Crippen LogP contribution in [0.25, 0.3) is 0 Å². The highest BCUT2D eigenvalue weighted by Gasteiger charge is 1.51. The van der Waals surface area contributed by atoms with E-state index in [1.54, 1.807) is 0 Å². The van der Waals surface area contributed by atoms with Crippen LogP contribution in [0.1, 0.15) is 6.92 Å². The van der Waals surface area contributed by atoms with Crippen LogP contribution in [0.5, 0.6) is 0 Å². The van der Waals surface area contributed by atoms with Gasteiger partial charge in [0.2, 0.25) is 0 Å². The fourth-order valence-electron chi connectivity index (χ4n) is 0. The highest BCUT2D eigenvalue weighted by Crippen LogP contribution is 1.82. The van der Waals surface area contributed by atoms with Gasteiger partial charge in [0.1, 0.15) is 0 Å². The van der Waals surface area contributed by atoms with Crippen molar-refractivity contribution in [3.63, 3.8) is 0 Å². The van der Waals surface area contributed by atoms with Crippen molar-refractivity contribution in [2.45, 2.75) is 6.92 Å². The minimum absolute atomic E-state index is 0.110. The second kappa shape index (κ2) is 3.10. The van der Waals surface area contributed by atoms with Crippen LogP contribution in [0.15, 0.2) is 0 Å². The zero-order chi connectivity index (χ0) is 3.41.